The molecular formula is C24H24N4O2S2. The number of hydrogen-bond donors (Lipinski definition) is 1. The van der Waals surface area contributed by atoms with Crippen LogP contribution in [-0.4, -0.2) is 26.3 Å². The first-order chi connectivity index (χ1) is 15.7. The minimum absolute atomic E-state index is 0.0680. The molecule has 4 aromatic rings. The lowest BCUT2D eigenvalue weighted by atomic mass is 9.90. The van der Waals surface area contributed by atoms with E-state index in [1.165, 1.54) is 52.9 Å². The van der Waals surface area contributed by atoms with E-state index in [2.05, 4.69) is 15.4 Å². The average molecular weight is 465 g/mol. The van der Waals surface area contributed by atoms with E-state index < -0.39 is 0 Å². The van der Waals surface area contributed by atoms with Crippen molar-refractivity contribution in [1.82, 2.24) is 14.6 Å². The van der Waals surface area contributed by atoms with Gasteiger partial charge in [-0.15, -0.1) is 11.8 Å². The molecule has 1 fully saturated rings. The topological polar surface area (TPSA) is 76.4 Å². The Morgan fingerprint density at radius 3 is 2.81 bits per heavy atom. The Kier molecular flexibility index (Phi) is 6.23. The molecule has 2 heterocycles. The van der Waals surface area contributed by atoms with Crippen LogP contribution in [0.2, 0.25) is 0 Å². The third-order valence-electron chi connectivity index (χ3n) is 5.81. The van der Waals surface area contributed by atoms with E-state index >= 15 is 0 Å². The smallest absolute Gasteiger partial charge is 0.275 e. The third-order valence-corrected chi connectivity index (χ3v) is 7.85. The van der Waals surface area contributed by atoms with Crippen molar-refractivity contribution in [2.45, 2.75) is 43.8 Å². The van der Waals surface area contributed by atoms with Crippen molar-refractivity contribution in [2.24, 2.45) is 0 Å². The first-order valence-corrected chi connectivity index (χ1v) is 12.9. The van der Waals surface area contributed by atoms with E-state index in [1.807, 2.05) is 42.5 Å². The summed E-state index contributed by atoms with van der Waals surface area (Å²) >= 11 is 2.98. The predicted octanol–water partition coefficient (Wildman–Crippen LogP) is 5.22. The first kappa shape index (κ1) is 21.2. The minimum atomic E-state index is -0.149. The van der Waals surface area contributed by atoms with Gasteiger partial charge in [-0.3, -0.25) is 9.59 Å². The Hall–Kier alpha value is -2.71. The summed E-state index contributed by atoms with van der Waals surface area (Å²) in [7, 11) is 0. The monoisotopic (exact) mass is 464 g/mol. The number of amides is 1. The van der Waals surface area contributed by atoms with Gasteiger partial charge in [0.25, 0.3) is 5.56 Å². The van der Waals surface area contributed by atoms with E-state index in [9.17, 15) is 9.59 Å². The number of benzene rings is 2. The van der Waals surface area contributed by atoms with Crippen LogP contribution in [0.3, 0.4) is 0 Å². The van der Waals surface area contributed by atoms with Gasteiger partial charge >= 0.3 is 0 Å². The highest BCUT2D eigenvalue weighted by molar-refractivity contribution is 7.99. The van der Waals surface area contributed by atoms with Crippen molar-refractivity contribution in [3.05, 3.63) is 69.6 Å². The summed E-state index contributed by atoms with van der Waals surface area (Å²) in [4.78, 5) is 30.3. The van der Waals surface area contributed by atoms with Crippen LogP contribution in [-0.2, 0) is 10.5 Å². The van der Waals surface area contributed by atoms with E-state index in [-0.39, 0.29) is 11.5 Å². The van der Waals surface area contributed by atoms with E-state index in [1.54, 1.807) is 0 Å². The molecule has 1 N–H and O–H groups in total. The second-order valence-electron chi connectivity index (χ2n) is 8.12. The normalized spacial score (nSPS) is 14.8. The molecule has 1 amide bonds. The molecule has 2 aromatic heterocycles. The number of fused-ring (bicyclic) bond motifs is 2. The first-order valence-electron chi connectivity index (χ1n) is 10.9. The van der Waals surface area contributed by atoms with Gasteiger partial charge in [-0.1, -0.05) is 67.0 Å². The van der Waals surface area contributed by atoms with Crippen LogP contribution in [0.1, 0.15) is 48.7 Å². The van der Waals surface area contributed by atoms with Crippen molar-refractivity contribution in [1.29, 1.82) is 0 Å². The van der Waals surface area contributed by atoms with Crippen molar-refractivity contribution < 1.29 is 4.79 Å². The summed E-state index contributed by atoms with van der Waals surface area (Å²) in [5.74, 6) is 1.18. The van der Waals surface area contributed by atoms with E-state index in [4.69, 9.17) is 0 Å². The molecule has 0 saturated heterocycles. The number of carbonyl (C=O) groups is 1. The molecule has 0 unspecified atom stereocenters. The van der Waals surface area contributed by atoms with E-state index in [0.29, 0.717) is 28.1 Å². The largest absolute Gasteiger partial charge is 0.325 e. The van der Waals surface area contributed by atoms with Crippen LogP contribution in [0.25, 0.3) is 15.7 Å². The molecule has 0 atom stereocenters. The van der Waals surface area contributed by atoms with E-state index in [0.717, 1.165) is 34.3 Å². The Morgan fingerprint density at radius 1 is 1.12 bits per heavy atom. The number of anilines is 1. The molecule has 1 aliphatic carbocycles. The number of thioether (sulfide) groups is 1. The zero-order valence-electron chi connectivity index (χ0n) is 17.6. The molecule has 1 saturated carbocycles. The molecule has 0 radical (unpaired) electrons. The van der Waals surface area contributed by atoms with Crippen molar-refractivity contribution >= 4 is 50.4 Å². The number of rotatable bonds is 6. The summed E-state index contributed by atoms with van der Waals surface area (Å²) < 4.78 is 1.43. The molecule has 8 heteroatoms. The van der Waals surface area contributed by atoms with Crippen molar-refractivity contribution in [3.63, 3.8) is 0 Å². The molecule has 164 valence electrons. The fourth-order valence-electron chi connectivity index (χ4n) is 4.23. The maximum atomic E-state index is 12.5. The second-order valence-corrected chi connectivity index (χ2v) is 10.1. The minimum Gasteiger partial charge on any atom is -0.325 e. The fraction of sp³-hybridized carbons (Fsp3) is 0.333. The Balaban J connectivity index is 1.23. The van der Waals surface area contributed by atoms with Crippen LogP contribution >= 0.6 is 23.1 Å². The molecule has 0 aliphatic heterocycles. The summed E-state index contributed by atoms with van der Waals surface area (Å²) in [5, 5.41) is 10.7. The van der Waals surface area contributed by atoms with Crippen LogP contribution < -0.4 is 10.9 Å². The number of nitrogens with one attached hydrogen (secondary N) is 1. The quantitative estimate of drug-likeness (QED) is 0.423. The van der Waals surface area contributed by atoms with Crippen LogP contribution in [0.4, 0.5) is 5.69 Å². The zero-order valence-corrected chi connectivity index (χ0v) is 19.3. The summed E-state index contributed by atoms with van der Waals surface area (Å²) in [6.07, 6.45) is 6.03. The molecule has 6 nitrogen and oxygen atoms in total. The summed E-state index contributed by atoms with van der Waals surface area (Å²) in [6, 6.07) is 15.4. The number of carbonyl (C=O) groups excluding carboxylic acids is 1. The van der Waals surface area contributed by atoms with Gasteiger partial charge in [0, 0.05) is 28.8 Å². The summed E-state index contributed by atoms with van der Waals surface area (Å²) in [6.45, 7) is 0. The molecular weight excluding hydrogens is 440 g/mol. The lowest BCUT2D eigenvalue weighted by molar-refractivity contribution is -0.113. The highest BCUT2D eigenvalue weighted by atomic mass is 32.2. The van der Waals surface area contributed by atoms with Crippen LogP contribution in [0.15, 0.2) is 53.3 Å². The van der Waals surface area contributed by atoms with Gasteiger partial charge in [0.1, 0.15) is 5.01 Å². The van der Waals surface area contributed by atoms with Gasteiger partial charge in [-0.2, -0.15) is 9.61 Å². The molecule has 2 aromatic carbocycles. The van der Waals surface area contributed by atoms with Gasteiger partial charge in [0.05, 0.1) is 11.4 Å². The van der Waals surface area contributed by atoms with Crippen LogP contribution in [0.5, 0.6) is 0 Å². The molecule has 1 aliphatic rings. The highest BCUT2D eigenvalue weighted by Gasteiger charge is 2.20. The number of nitrogens with zero attached hydrogens (tertiary/aromatic N) is 3. The summed E-state index contributed by atoms with van der Waals surface area (Å²) in [5.41, 5.74) is 1.35. The molecule has 0 bridgehead atoms. The molecule has 5 rings (SSSR count). The third kappa shape index (κ3) is 4.56. The molecule has 0 spiro atoms. The number of aromatic nitrogens is 3. The maximum Gasteiger partial charge on any atom is 0.275 e. The Bertz CT molecular complexity index is 1320. The van der Waals surface area contributed by atoms with Crippen molar-refractivity contribution in [3.8, 4) is 0 Å². The van der Waals surface area contributed by atoms with Gasteiger partial charge in [-0.05, 0) is 24.3 Å². The highest BCUT2D eigenvalue weighted by Crippen LogP contribution is 2.34. The van der Waals surface area contributed by atoms with Crippen LogP contribution in [0, 0.1) is 0 Å². The zero-order chi connectivity index (χ0) is 21.9. The SMILES string of the molecule is O=C(CSCc1cc(=O)n2nc(C3CCCCC3)sc2n1)Nc1cccc2ccccc12. The van der Waals surface area contributed by atoms with Crippen molar-refractivity contribution in [2.75, 3.05) is 11.1 Å². The lowest BCUT2D eigenvalue weighted by Gasteiger charge is -2.18. The van der Waals surface area contributed by atoms with Gasteiger partial charge in [0.15, 0.2) is 0 Å². The van der Waals surface area contributed by atoms with Gasteiger partial charge in [-0.25, -0.2) is 4.98 Å². The average Bonchev–Trinajstić information content (AvgIpc) is 3.25. The number of hydrogen-bond acceptors (Lipinski definition) is 6. The Labute approximate surface area is 194 Å². The van der Waals surface area contributed by atoms with Gasteiger partial charge in [0.2, 0.25) is 10.9 Å². The maximum absolute atomic E-state index is 12.5. The second kappa shape index (κ2) is 9.42. The standard InChI is InChI=1S/C24H24N4O2S2/c29-21(26-20-12-6-10-16-7-4-5-11-19(16)20)15-31-14-18-13-22(30)28-24(25-18)32-23(27-28)17-8-2-1-3-9-17/h4-7,10-13,17H,1-3,8-9,14-15H2,(H,26,29). The predicted molar refractivity (Wildman–Crippen MR) is 132 cm³/mol. The Morgan fingerprint density at radius 2 is 1.94 bits per heavy atom. The van der Waals surface area contributed by atoms with Gasteiger partial charge < -0.3 is 5.32 Å². The lowest BCUT2D eigenvalue weighted by Crippen LogP contribution is -2.17. The molecule has 32 heavy (non-hydrogen) atoms. The fourth-order valence-corrected chi connectivity index (χ4v) is 6.04.